The number of nitrogen functional groups attached to an aromatic ring is 1. The summed E-state index contributed by atoms with van der Waals surface area (Å²) in [6.07, 6.45) is -4.16. The van der Waals surface area contributed by atoms with E-state index in [0.29, 0.717) is 4.57 Å². The molecule has 1 aromatic carbocycles. The summed E-state index contributed by atoms with van der Waals surface area (Å²) in [4.78, 5) is 24.0. The molecule has 0 radical (unpaired) electrons. The van der Waals surface area contributed by atoms with Crippen LogP contribution in [0, 0.1) is 0 Å². The first-order chi connectivity index (χ1) is 11.3. The number of nitrogens with two attached hydrogens (primary N) is 1. The van der Waals surface area contributed by atoms with E-state index < -0.39 is 33.1 Å². The van der Waals surface area contributed by atoms with Crippen LogP contribution >= 0.6 is 11.6 Å². The van der Waals surface area contributed by atoms with Gasteiger partial charge in [-0.15, -0.1) is 0 Å². The molecule has 0 amide bonds. The highest BCUT2D eigenvalue weighted by Gasteiger charge is 2.35. The van der Waals surface area contributed by atoms with E-state index in [1.54, 1.807) is 0 Å². The van der Waals surface area contributed by atoms with Crippen molar-refractivity contribution in [3.8, 4) is 5.69 Å². The van der Waals surface area contributed by atoms with Crippen LogP contribution in [-0.4, -0.2) is 23.9 Å². The summed E-state index contributed by atoms with van der Waals surface area (Å²) < 4.78 is 63.1. The molecule has 0 aliphatic heterocycles. The number of sulfonamides is 1. The molecule has 25 heavy (non-hydrogen) atoms. The Bertz CT molecular complexity index is 1060. The third kappa shape index (κ3) is 3.96. The van der Waals surface area contributed by atoms with Crippen LogP contribution in [0.5, 0.6) is 0 Å². The van der Waals surface area contributed by atoms with Gasteiger partial charge in [0.25, 0.3) is 5.56 Å². The van der Waals surface area contributed by atoms with Crippen LogP contribution in [0.4, 0.5) is 18.9 Å². The molecule has 0 spiro atoms. The largest absolute Gasteiger partial charge is 0.433 e. The highest BCUT2D eigenvalue weighted by molar-refractivity contribution is 7.92. The molecule has 13 heteroatoms. The van der Waals surface area contributed by atoms with Gasteiger partial charge in [0.1, 0.15) is 0 Å². The van der Waals surface area contributed by atoms with E-state index in [1.165, 1.54) is 0 Å². The van der Waals surface area contributed by atoms with Crippen molar-refractivity contribution >= 4 is 27.3 Å². The maximum absolute atomic E-state index is 12.8. The maximum Gasteiger partial charge on any atom is 0.433 e. The number of aromatic nitrogens is 2. The quantitative estimate of drug-likeness (QED) is 0.740. The second-order valence-electron chi connectivity index (χ2n) is 4.89. The molecule has 2 aromatic rings. The lowest BCUT2D eigenvalue weighted by Crippen LogP contribution is -2.45. The Hall–Kier alpha value is -2.47. The molecule has 1 heterocycles. The van der Waals surface area contributed by atoms with Gasteiger partial charge in [0, 0.05) is 6.07 Å². The van der Waals surface area contributed by atoms with Crippen molar-refractivity contribution in [3.63, 3.8) is 0 Å². The second kappa shape index (κ2) is 6.11. The molecule has 2 rings (SSSR count). The van der Waals surface area contributed by atoms with Crippen LogP contribution in [0.15, 0.2) is 33.9 Å². The van der Waals surface area contributed by atoms with Gasteiger partial charge in [-0.3, -0.25) is 9.52 Å². The number of hydrogen-bond donors (Lipinski definition) is 2. The minimum Gasteiger partial charge on any atom is -0.335 e. The van der Waals surface area contributed by atoms with E-state index in [1.807, 2.05) is 0 Å². The van der Waals surface area contributed by atoms with Crippen LogP contribution in [0.3, 0.4) is 0 Å². The number of nitrogens with one attached hydrogen (secondary N) is 1. The number of benzene rings is 1. The van der Waals surface area contributed by atoms with E-state index in [4.69, 9.17) is 17.4 Å². The zero-order valence-corrected chi connectivity index (χ0v) is 13.9. The Morgan fingerprint density at radius 2 is 1.80 bits per heavy atom. The molecular weight excluding hydrogens is 389 g/mol. The Balaban J connectivity index is 2.72. The molecule has 0 saturated carbocycles. The van der Waals surface area contributed by atoms with Gasteiger partial charge in [-0.25, -0.2) is 22.5 Å². The summed E-state index contributed by atoms with van der Waals surface area (Å²) in [5, 5.41) is -0.0535. The Labute approximate surface area is 143 Å². The van der Waals surface area contributed by atoms with Crippen molar-refractivity contribution in [1.29, 1.82) is 0 Å². The number of alkyl halides is 3. The average molecular weight is 399 g/mol. The fourth-order valence-electron chi connectivity index (χ4n) is 1.94. The van der Waals surface area contributed by atoms with Gasteiger partial charge < -0.3 is 5.84 Å². The molecule has 0 saturated heterocycles. The van der Waals surface area contributed by atoms with Gasteiger partial charge in [-0.05, 0) is 18.2 Å². The van der Waals surface area contributed by atoms with Gasteiger partial charge in [-0.2, -0.15) is 13.2 Å². The molecule has 0 atom stereocenters. The molecular formula is C12H10ClF3N4O4S. The first-order valence-corrected chi connectivity index (χ1v) is 8.57. The first kappa shape index (κ1) is 18.9. The molecule has 8 nitrogen and oxygen atoms in total. The highest BCUT2D eigenvalue weighted by Crippen LogP contribution is 2.27. The highest BCUT2D eigenvalue weighted by atomic mass is 35.5. The van der Waals surface area contributed by atoms with Crippen molar-refractivity contribution in [2.45, 2.75) is 6.18 Å². The fourth-order valence-corrected chi connectivity index (χ4v) is 2.73. The van der Waals surface area contributed by atoms with E-state index >= 15 is 0 Å². The zero-order valence-electron chi connectivity index (χ0n) is 12.3. The summed E-state index contributed by atoms with van der Waals surface area (Å²) in [5.41, 5.74) is -4.78. The van der Waals surface area contributed by atoms with Crippen molar-refractivity contribution in [3.05, 3.63) is 55.8 Å². The third-order valence-corrected chi connectivity index (χ3v) is 3.85. The van der Waals surface area contributed by atoms with Crippen LogP contribution < -0.4 is 21.8 Å². The molecule has 1 aromatic heterocycles. The molecule has 0 unspecified atom stereocenters. The third-order valence-electron chi connectivity index (χ3n) is 2.93. The normalized spacial score (nSPS) is 12.2. The van der Waals surface area contributed by atoms with Gasteiger partial charge in [0.15, 0.2) is 5.69 Å². The van der Waals surface area contributed by atoms with E-state index in [0.717, 1.165) is 24.5 Å². The Morgan fingerprint density at radius 3 is 2.32 bits per heavy atom. The summed E-state index contributed by atoms with van der Waals surface area (Å²) >= 11 is 5.81. The van der Waals surface area contributed by atoms with Crippen LogP contribution in [0.1, 0.15) is 5.69 Å². The minimum absolute atomic E-state index is 0.0535. The zero-order chi connectivity index (χ0) is 19.2. The predicted molar refractivity (Wildman–Crippen MR) is 84.9 cm³/mol. The van der Waals surface area contributed by atoms with Crippen LogP contribution in [0.25, 0.3) is 5.69 Å². The standard InChI is InChI=1S/C12H10ClF3N4O4S/c1-25(23,24)18-8-4-6(2-3-7(8)13)19-10(21)5-9(12(14,15)16)20(17)11(19)22/h2-5,18H,17H2,1H3. The van der Waals surface area contributed by atoms with Gasteiger partial charge in [0.05, 0.1) is 22.7 Å². The van der Waals surface area contributed by atoms with E-state index in [2.05, 4.69) is 4.72 Å². The maximum atomic E-state index is 12.8. The summed E-state index contributed by atoms with van der Waals surface area (Å²) in [6, 6.07) is 3.47. The van der Waals surface area contributed by atoms with Crippen molar-refractivity contribution in [1.82, 2.24) is 9.24 Å². The van der Waals surface area contributed by atoms with Crippen molar-refractivity contribution < 1.29 is 21.6 Å². The van der Waals surface area contributed by atoms with Crippen LogP contribution in [-0.2, 0) is 16.2 Å². The summed E-state index contributed by atoms with van der Waals surface area (Å²) in [5.74, 6) is 5.13. The molecule has 0 fully saturated rings. The van der Waals surface area contributed by atoms with E-state index in [9.17, 15) is 31.2 Å². The molecule has 0 aliphatic carbocycles. The molecule has 136 valence electrons. The SMILES string of the molecule is CS(=O)(=O)Nc1cc(-n2c(=O)cc(C(F)(F)F)n(N)c2=O)ccc1Cl. The second-order valence-corrected chi connectivity index (χ2v) is 7.05. The summed E-state index contributed by atoms with van der Waals surface area (Å²) in [7, 11) is -3.73. The predicted octanol–water partition coefficient (Wildman–Crippen LogP) is 0.757. The lowest BCUT2D eigenvalue weighted by Gasteiger charge is -2.14. The molecule has 0 bridgehead atoms. The van der Waals surface area contributed by atoms with Crippen molar-refractivity contribution in [2.24, 2.45) is 0 Å². The van der Waals surface area contributed by atoms with Gasteiger partial charge in [0.2, 0.25) is 10.0 Å². The lowest BCUT2D eigenvalue weighted by molar-refractivity contribution is -0.143. The smallest absolute Gasteiger partial charge is 0.335 e. The number of halogens is 4. The number of nitrogens with zero attached hydrogens (tertiary/aromatic N) is 2. The first-order valence-electron chi connectivity index (χ1n) is 6.30. The number of hydrogen-bond acceptors (Lipinski definition) is 5. The van der Waals surface area contributed by atoms with Crippen LogP contribution in [0.2, 0.25) is 5.02 Å². The minimum atomic E-state index is -5.00. The fraction of sp³-hybridized carbons (Fsp3) is 0.167. The van der Waals surface area contributed by atoms with E-state index in [-0.39, 0.29) is 27.1 Å². The lowest BCUT2D eigenvalue weighted by atomic mass is 10.2. The molecule has 3 N–H and O–H groups in total. The van der Waals surface area contributed by atoms with Gasteiger partial charge >= 0.3 is 11.9 Å². The Kier molecular flexibility index (Phi) is 4.61. The number of rotatable bonds is 3. The monoisotopic (exact) mass is 398 g/mol. The topological polar surface area (TPSA) is 116 Å². The van der Waals surface area contributed by atoms with Gasteiger partial charge in [-0.1, -0.05) is 11.6 Å². The average Bonchev–Trinajstić information content (AvgIpc) is 2.43. The van der Waals surface area contributed by atoms with Crippen molar-refractivity contribution in [2.75, 3.05) is 16.8 Å². The number of anilines is 1. The Morgan fingerprint density at radius 1 is 1.20 bits per heavy atom. The molecule has 0 aliphatic rings. The summed E-state index contributed by atoms with van der Waals surface area (Å²) in [6.45, 7) is 0.